The van der Waals surface area contributed by atoms with Crippen molar-refractivity contribution < 1.29 is 0 Å². The van der Waals surface area contributed by atoms with Gasteiger partial charge in [-0.1, -0.05) is 127 Å². The van der Waals surface area contributed by atoms with Crippen LogP contribution in [0.5, 0.6) is 0 Å². The lowest BCUT2D eigenvalue weighted by Crippen LogP contribution is -2.61. The molecule has 0 aliphatic carbocycles. The molecule has 0 atom stereocenters. The van der Waals surface area contributed by atoms with Crippen molar-refractivity contribution in [1.29, 1.82) is 0 Å². The van der Waals surface area contributed by atoms with E-state index in [1.54, 1.807) is 0 Å². The number of rotatable bonds is 3. The molecule has 4 heteroatoms. The lowest BCUT2D eigenvalue weighted by atomic mass is 9.33. The number of hydrogen-bond donors (Lipinski definition) is 0. The van der Waals surface area contributed by atoms with Crippen LogP contribution in [-0.4, -0.2) is 11.7 Å². The molecule has 0 fully saturated rings. The molecule has 10 aromatic rings. The standard InChI is InChI=1S/C51H32BN3/c1-3-12-35-24-43(21-19-33(35)10-1)54-47-28-39-16-7-5-14-37(39)26-45(47)52-46-27-38-15-6-8-17-40(38)29-48(46)55(44-22-20-34-11-2-4-13-36(34)25-44)50-31-42(30-49(54)51(50)52)41-18-9-23-53-32-41/h1-32H. The van der Waals surface area contributed by atoms with E-state index < -0.39 is 0 Å². The van der Waals surface area contributed by atoms with Gasteiger partial charge in [0.05, 0.1) is 0 Å². The maximum atomic E-state index is 4.59. The third-order valence-corrected chi connectivity index (χ3v) is 11.8. The Bertz CT molecular complexity index is 3000. The van der Waals surface area contributed by atoms with Gasteiger partial charge in [-0.25, -0.2) is 0 Å². The molecule has 0 radical (unpaired) electrons. The maximum Gasteiger partial charge on any atom is 0.252 e. The molecule has 0 spiro atoms. The summed E-state index contributed by atoms with van der Waals surface area (Å²) in [6, 6.07) is 67.5. The van der Waals surface area contributed by atoms with E-state index in [0.717, 1.165) is 22.5 Å². The molecule has 55 heavy (non-hydrogen) atoms. The smallest absolute Gasteiger partial charge is 0.252 e. The molecule has 0 N–H and O–H groups in total. The second-order valence-corrected chi connectivity index (χ2v) is 14.9. The number of benzene rings is 9. The minimum Gasteiger partial charge on any atom is -0.311 e. The van der Waals surface area contributed by atoms with E-state index in [2.05, 4.69) is 191 Å². The number of anilines is 6. The van der Waals surface area contributed by atoms with Crippen LogP contribution in [0.3, 0.4) is 0 Å². The lowest BCUT2D eigenvalue weighted by Gasteiger charge is -2.44. The lowest BCUT2D eigenvalue weighted by molar-refractivity contribution is 1.26. The molecule has 1 aromatic heterocycles. The molecule has 3 heterocycles. The zero-order valence-electron chi connectivity index (χ0n) is 29.9. The average Bonchev–Trinajstić information content (AvgIpc) is 3.25. The van der Waals surface area contributed by atoms with E-state index in [1.807, 2.05) is 18.5 Å². The Morgan fingerprint density at radius 2 is 0.782 bits per heavy atom. The van der Waals surface area contributed by atoms with Gasteiger partial charge in [-0.3, -0.25) is 4.98 Å². The second kappa shape index (κ2) is 11.7. The second-order valence-electron chi connectivity index (χ2n) is 14.9. The summed E-state index contributed by atoms with van der Waals surface area (Å²) in [5.74, 6) is 0. The quantitative estimate of drug-likeness (QED) is 0.171. The summed E-state index contributed by atoms with van der Waals surface area (Å²) in [5.41, 5.74) is 13.2. The van der Waals surface area contributed by atoms with Crippen molar-refractivity contribution in [3.63, 3.8) is 0 Å². The van der Waals surface area contributed by atoms with Crippen LogP contribution >= 0.6 is 0 Å². The summed E-state index contributed by atoms with van der Waals surface area (Å²) in [6.45, 7) is 0.000531. The number of pyridine rings is 1. The molecule has 254 valence electrons. The highest BCUT2D eigenvalue weighted by Crippen LogP contribution is 2.47. The fraction of sp³-hybridized carbons (Fsp3) is 0. The van der Waals surface area contributed by atoms with Crippen molar-refractivity contribution in [2.75, 3.05) is 9.80 Å². The van der Waals surface area contributed by atoms with Crippen LogP contribution < -0.4 is 26.2 Å². The predicted octanol–water partition coefficient (Wildman–Crippen LogP) is 11.4. The molecule has 12 rings (SSSR count). The summed E-state index contributed by atoms with van der Waals surface area (Å²) >= 11 is 0. The fourth-order valence-electron chi connectivity index (χ4n) is 9.26. The van der Waals surface area contributed by atoms with Gasteiger partial charge in [-0.05, 0) is 120 Å². The van der Waals surface area contributed by atoms with E-state index in [9.17, 15) is 0 Å². The molecule has 0 saturated heterocycles. The van der Waals surface area contributed by atoms with Crippen molar-refractivity contribution in [2.45, 2.75) is 0 Å². The highest BCUT2D eigenvalue weighted by Gasteiger charge is 2.44. The highest BCUT2D eigenvalue weighted by molar-refractivity contribution is 7.00. The van der Waals surface area contributed by atoms with Gasteiger partial charge in [0.15, 0.2) is 0 Å². The third-order valence-electron chi connectivity index (χ3n) is 11.8. The molecular formula is C51H32BN3. The topological polar surface area (TPSA) is 19.4 Å². The summed E-state index contributed by atoms with van der Waals surface area (Å²) in [5, 5.41) is 9.85. The summed E-state index contributed by atoms with van der Waals surface area (Å²) in [4.78, 5) is 9.64. The van der Waals surface area contributed by atoms with E-state index in [0.29, 0.717) is 0 Å². The van der Waals surface area contributed by atoms with Crippen molar-refractivity contribution >= 4 is 100 Å². The van der Waals surface area contributed by atoms with Crippen LogP contribution in [0.25, 0.3) is 54.2 Å². The van der Waals surface area contributed by atoms with Gasteiger partial charge in [0.25, 0.3) is 6.71 Å². The number of aromatic nitrogens is 1. The average molecular weight is 698 g/mol. The Labute approximate surface area is 319 Å². The van der Waals surface area contributed by atoms with Crippen LogP contribution in [-0.2, 0) is 0 Å². The van der Waals surface area contributed by atoms with Gasteiger partial charge >= 0.3 is 0 Å². The van der Waals surface area contributed by atoms with Crippen LogP contribution in [0, 0.1) is 0 Å². The normalized spacial score (nSPS) is 13.0. The Hall–Kier alpha value is -7.17. The van der Waals surface area contributed by atoms with Gasteiger partial charge in [0.2, 0.25) is 0 Å². The Morgan fingerprint density at radius 1 is 0.345 bits per heavy atom. The van der Waals surface area contributed by atoms with Gasteiger partial charge in [-0.15, -0.1) is 0 Å². The Balaban J connectivity index is 1.24. The Kier molecular flexibility index (Phi) is 6.43. The first-order valence-corrected chi connectivity index (χ1v) is 19.0. The predicted molar refractivity (Wildman–Crippen MR) is 234 cm³/mol. The van der Waals surface area contributed by atoms with Crippen LogP contribution in [0.1, 0.15) is 0 Å². The SMILES string of the molecule is c1cncc(-c2cc3c4c(c2)N(c2ccc5ccccc5c2)c2cc5ccccc5cc2B4c2cc4ccccc4cc2N3c2ccc3ccccc3c2)c1. The molecular weight excluding hydrogens is 665 g/mol. The zero-order valence-corrected chi connectivity index (χ0v) is 29.9. The molecule has 2 aliphatic rings. The molecule has 0 saturated carbocycles. The maximum absolute atomic E-state index is 4.59. The Morgan fingerprint density at radius 3 is 1.24 bits per heavy atom. The van der Waals surface area contributed by atoms with Crippen molar-refractivity contribution in [3.05, 3.63) is 194 Å². The number of nitrogens with zero attached hydrogens (tertiary/aromatic N) is 3. The monoisotopic (exact) mass is 697 g/mol. The molecule has 0 bridgehead atoms. The van der Waals surface area contributed by atoms with Gasteiger partial charge in [0, 0.05) is 52.1 Å². The van der Waals surface area contributed by atoms with Crippen LogP contribution in [0.4, 0.5) is 34.1 Å². The molecule has 3 nitrogen and oxygen atoms in total. The van der Waals surface area contributed by atoms with Gasteiger partial charge < -0.3 is 9.80 Å². The van der Waals surface area contributed by atoms with Gasteiger partial charge in [-0.2, -0.15) is 0 Å². The third kappa shape index (κ3) is 4.61. The summed E-state index contributed by atoms with van der Waals surface area (Å²) in [6.07, 6.45) is 3.84. The molecule has 2 aliphatic heterocycles. The first-order chi connectivity index (χ1) is 27.2. The van der Waals surface area contributed by atoms with E-state index >= 15 is 0 Å². The largest absolute Gasteiger partial charge is 0.311 e. The molecule has 9 aromatic carbocycles. The first-order valence-electron chi connectivity index (χ1n) is 19.0. The summed E-state index contributed by atoms with van der Waals surface area (Å²) < 4.78 is 0. The van der Waals surface area contributed by atoms with Crippen LogP contribution in [0.2, 0.25) is 0 Å². The van der Waals surface area contributed by atoms with Gasteiger partial charge in [0.1, 0.15) is 0 Å². The number of hydrogen-bond acceptors (Lipinski definition) is 3. The fourth-order valence-corrected chi connectivity index (χ4v) is 9.26. The van der Waals surface area contributed by atoms with Crippen molar-refractivity contribution in [1.82, 2.24) is 4.98 Å². The molecule has 0 unspecified atom stereocenters. The zero-order chi connectivity index (χ0) is 36.0. The highest BCUT2D eigenvalue weighted by atomic mass is 15.2. The number of fused-ring (bicyclic) bond motifs is 8. The van der Waals surface area contributed by atoms with E-state index in [4.69, 9.17) is 0 Å². The van der Waals surface area contributed by atoms with Crippen LogP contribution in [0.15, 0.2) is 194 Å². The summed E-state index contributed by atoms with van der Waals surface area (Å²) in [7, 11) is 0. The van der Waals surface area contributed by atoms with E-state index in [1.165, 1.54) is 82.2 Å². The van der Waals surface area contributed by atoms with Crippen molar-refractivity contribution in [3.8, 4) is 11.1 Å². The molecule has 0 amide bonds. The van der Waals surface area contributed by atoms with E-state index in [-0.39, 0.29) is 6.71 Å². The van der Waals surface area contributed by atoms with Crippen molar-refractivity contribution in [2.24, 2.45) is 0 Å². The minimum absolute atomic E-state index is 0.000531. The first kappa shape index (κ1) is 30.3. The minimum atomic E-state index is 0.000531.